The van der Waals surface area contributed by atoms with Crippen molar-refractivity contribution in [1.82, 2.24) is 10.2 Å². The summed E-state index contributed by atoms with van der Waals surface area (Å²) in [5.41, 5.74) is 1.94. The average molecular weight is 306 g/mol. The maximum absolute atomic E-state index is 12.9. The molecule has 1 aliphatic rings. The molecule has 1 saturated heterocycles. The minimum absolute atomic E-state index is 0.0236. The predicted octanol–water partition coefficient (Wildman–Crippen LogP) is 3.35. The number of hydrogen-bond donors (Lipinski definition) is 1. The number of amides is 1. The zero-order valence-electron chi connectivity index (χ0n) is 13.6. The smallest absolute Gasteiger partial charge is 0.244 e. The molecule has 4 heteroatoms. The summed E-state index contributed by atoms with van der Waals surface area (Å²) in [7, 11) is 0. The van der Waals surface area contributed by atoms with Gasteiger partial charge in [-0.05, 0) is 39.0 Å². The Balaban J connectivity index is 2.39. The van der Waals surface area contributed by atoms with Crippen LogP contribution in [0.15, 0.2) is 24.3 Å². The lowest BCUT2D eigenvalue weighted by atomic mass is 9.99. The van der Waals surface area contributed by atoms with Crippen LogP contribution in [0.1, 0.15) is 44.5 Å². The molecule has 1 aromatic carbocycles. The Labute approximate surface area is 132 Å². The summed E-state index contributed by atoms with van der Waals surface area (Å²) < 4.78 is 0. The minimum atomic E-state index is -0.457. The average Bonchev–Trinajstić information content (AvgIpc) is 2.72. The normalized spacial score (nSPS) is 27.2. The zero-order valence-corrected chi connectivity index (χ0v) is 14.5. The fraction of sp³-hybridized carbons (Fsp3) is 0.588. The molecule has 1 aromatic rings. The second kappa shape index (κ2) is 6.41. The van der Waals surface area contributed by atoms with Gasteiger partial charge in [0.25, 0.3) is 0 Å². The van der Waals surface area contributed by atoms with Crippen molar-refractivity contribution < 1.29 is 4.79 Å². The molecule has 1 amide bonds. The molecule has 0 spiro atoms. The quantitative estimate of drug-likeness (QED) is 0.905. The van der Waals surface area contributed by atoms with E-state index in [0.717, 1.165) is 12.2 Å². The first-order valence-electron chi connectivity index (χ1n) is 7.59. The van der Waals surface area contributed by atoms with E-state index in [4.69, 9.17) is 0 Å². The number of thioether (sulfide) groups is 1. The van der Waals surface area contributed by atoms with Crippen LogP contribution in [0.4, 0.5) is 0 Å². The molecule has 2 rings (SSSR count). The van der Waals surface area contributed by atoms with E-state index in [2.05, 4.69) is 56.6 Å². The van der Waals surface area contributed by atoms with E-state index in [0.29, 0.717) is 0 Å². The van der Waals surface area contributed by atoms with Crippen LogP contribution < -0.4 is 5.32 Å². The van der Waals surface area contributed by atoms with E-state index in [1.165, 1.54) is 11.1 Å². The topological polar surface area (TPSA) is 32.3 Å². The van der Waals surface area contributed by atoms with E-state index in [1.54, 1.807) is 11.8 Å². The van der Waals surface area contributed by atoms with Crippen LogP contribution in [0.2, 0.25) is 0 Å². The minimum Gasteiger partial charge on any atom is -0.318 e. The predicted molar refractivity (Wildman–Crippen MR) is 90.4 cm³/mol. The molecule has 3 atom stereocenters. The molecule has 3 nitrogen and oxygen atoms in total. The second-order valence-electron chi connectivity index (χ2n) is 6.16. The van der Waals surface area contributed by atoms with Crippen molar-refractivity contribution in [3.8, 4) is 0 Å². The SMILES string of the molecule is CCC1(C)NC(c2cccc(C)c2)N(C(C)CSC)C1=O. The van der Waals surface area contributed by atoms with Gasteiger partial charge in [-0.1, -0.05) is 36.8 Å². The third-order valence-electron chi connectivity index (χ3n) is 4.39. The molecule has 116 valence electrons. The van der Waals surface area contributed by atoms with Gasteiger partial charge in [-0.2, -0.15) is 11.8 Å². The van der Waals surface area contributed by atoms with Crippen LogP contribution in [0.25, 0.3) is 0 Å². The molecule has 21 heavy (non-hydrogen) atoms. The highest BCUT2D eigenvalue weighted by Gasteiger charge is 2.48. The first kappa shape index (κ1) is 16.4. The molecule has 0 bridgehead atoms. The molecular weight excluding hydrogens is 280 g/mol. The van der Waals surface area contributed by atoms with Gasteiger partial charge in [0, 0.05) is 11.8 Å². The summed E-state index contributed by atoms with van der Waals surface area (Å²) in [5, 5.41) is 3.57. The molecule has 1 aliphatic heterocycles. The highest BCUT2D eigenvalue weighted by molar-refractivity contribution is 7.98. The van der Waals surface area contributed by atoms with Gasteiger partial charge in [0.1, 0.15) is 6.17 Å². The molecule has 0 saturated carbocycles. The van der Waals surface area contributed by atoms with Crippen molar-refractivity contribution in [2.24, 2.45) is 0 Å². The maximum atomic E-state index is 12.9. The highest BCUT2D eigenvalue weighted by atomic mass is 32.2. The number of benzene rings is 1. The maximum Gasteiger partial charge on any atom is 0.244 e. The number of nitrogens with one attached hydrogen (secondary N) is 1. The molecular formula is C17H26N2OS. The van der Waals surface area contributed by atoms with E-state index in [9.17, 15) is 4.79 Å². The number of hydrogen-bond acceptors (Lipinski definition) is 3. The van der Waals surface area contributed by atoms with Crippen molar-refractivity contribution in [1.29, 1.82) is 0 Å². The lowest BCUT2D eigenvalue weighted by Gasteiger charge is -2.30. The number of carbonyl (C=O) groups excluding carboxylic acids is 1. The van der Waals surface area contributed by atoms with E-state index >= 15 is 0 Å². The van der Waals surface area contributed by atoms with Gasteiger partial charge in [-0.3, -0.25) is 10.1 Å². The lowest BCUT2D eigenvalue weighted by molar-refractivity contribution is -0.134. The van der Waals surface area contributed by atoms with Crippen molar-refractivity contribution in [3.05, 3.63) is 35.4 Å². The first-order valence-corrected chi connectivity index (χ1v) is 8.98. The Hall–Kier alpha value is -1.00. The molecule has 1 fully saturated rings. The Bertz CT molecular complexity index is 519. The van der Waals surface area contributed by atoms with Gasteiger partial charge < -0.3 is 4.90 Å². The van der Waals surface area contributed by atoms with Crippen LogP contribution in [-0.2, 0) is 4.79 Å². The zero-order chi connectivity index (χ0) is 15.6. The molecule has 1 N–H and O–H groups in total. The summed E-state index contributed by atoms with van der Waals surface area (Å²) in [6.07, 6.45) is 2.87. The summed E-state index contributed by atoms with van der Waals surface area (Å²) in [6, 6.07) is 8.66. The van der Waals surface area contributed by atoms with E-state index < -0.39 is 5.54 Å². The molecule has 0 aromatic heterocycles. The van der Waals surface area contributed by atoms with Gasteiger partial charge in [0.2, 0.25) is 5.91 Å². The van der Waals surface area contributed by atoms with Crippen molar-refractivity contribution >= 4 is 17.7 Å². The molecule has 0 aliphatic carbocycles. The van der Waals surface area contributed by atoms with Crippen LogP contribution in [-0.4, -0.2) is 34.4 Å². The fourth-order valence-electron chi connectivity index (χ4n) is 2.95. The molecule has 3 unspecified atom stereocenters. The number of rotatable bonds is 5. The van der Waals surface area contributed by atoms with Crippen LogP contribution in [0.5, 0.6) is 0 Å². The van der Waals surface area contributed by atoms with E-state index in [1.807, 2.05) is 11.8 Å². The monoisotopic (exact) mass is 306 g/mol. The fourth-order valence-corrected chi connectivity index (χ4v) is 3.59. The van der Waals surface area contributed by atoms with E-state index in [-0.39, 0.29) is 18.1 Å². The summed E-state index contributed by atoms with van der Waals surface area (Å²) in [4.78, 5) is 14.9. The Morgan fingerprint density at radius 3 is 2.76 bits per heavy atom. The summed E-state index contributed by atoms with van der Waals surface area (Å²) in [6.45, 7) is 8.32. The Kier molecular flexibility index (Phi) is 4.99. The third kappa shape index (κ3) is 3.11. The van der Waals surface area contributed by atoms with Gasteiger partial charge in [-0.15, -0.1) is 0 Å². The number of aryl methyl sites for hydroxylation is 1. The van der Waals surface area contributed by atoms with Gasteiger partial charge in [-0.25, -0.2) is 0 Å². The van der Waals surface area contributed by atoms with Crippen LogP contribution in [0.3, 0.4) is 0 Å². The van der Waals surface area contributed by atoms with Crippen molar-refractivity contribution in [3.63, 3.8) is 0 Å². The van der Waals surface area contributed by atoms with Crippen molar-refractivity contribution in [2.75, 3.05) is 12.0 Å². The highest BCUT2D eigenvalue weighted by Crippen LogP contribution is 2.35. The largest absolute Gasteiger partial charge is 0.318 e. The second-order valence-corrected chi connectivity index (χ2v) is 7.07. The number of nitrogens with zero attached hydrogens (tertiary/aromatic N) is 1. The van der Waals surface area contributed by atoms with Gasteiger partial charge >= 0.3 is 0 Å². The lowest BCUT2D eigenvalue weighted by Crippen LogP contribution is -2.44. The molecule has 0 radical (unpaired) electrons. The van der Waals surface area contributed by atoms with Gasteiger partial charge in [0.05, 0.1) is 5.54 Å². The van der Waals surface area contributed by atoms with Gasteiger partial charge in [0.15, 0.2) is 0 Å². The number of carbonyl (C=O) groups is 1. The summed E-state index contributed by atoms with van der Waals surface area (Å²) in [5.74, 6) is 1.17. The van der Waals surface area contributed by atoms with Crippen LogP contribution in [0, 0.1) is 6.92 Å². The summed E-state index contributed by atoms with van der Waals surface area (Å²) >= 11 is 1.79. The third-order valence-corrected chi connectivity index (χ3v) is 5.20. The first-order chi connectivity index (χ1) is 9.92. The van der Waals surface area contributed by atoms with Crippen molar-refractivity contribution in [2.45, 2.75) is 51.9 Å². The Morgan fingerprint density at radius 2 is 2.19 bits per heavy atom. The molecule has 1 heterocycles. The van der Waals surface area contributed by atoms with Crippen LogP contribution >= 0.6 is 11.8 Å². The Morgan fingerprint density at radius 1 is 1.48 bits per heavy atom. The standard InChI is InChI=1S/C17H26N2OS/c1-6-17(4)16(20)19(13(3)11-21-5)15(18-17)14-9-7-8-12(2)10-14/h7-10,13,15,18H,6,11H2,1-5H3.